The topological polar surface area (TPSA) is 109 Å². The van der Waals surface area contributed by atoms with E-state index in [0.29, 0.717) is 17.3 Å². The molecule has 0 aliphatic rings. The number of nitro benzene ring substituents is 1. The van der Waals surface area contributed by atoms with Crippen molar-refractivity contribution < 1.29 is 14.1 Å². The maximum atomic E-state index is 11.1. The Morgan fingerprint density at radius 1 is 1.26 bits per heavy atom. The van der Waals surface area contributed by atoms with Crippen LogP contribution in [0.3, 0.4) is 0 Å². The Bertz CT molecular complexity index is 1430. The number of fused-ring (bicyclic) bond motifs is 3. The van der Waals surface area contributed by atoms with Gasteiger partial charge in [0, 0.05) is 10.9 Å². The highest BCUT2D eigenvalue weighted by atomic mass is 32.1. The standard InChI is InChI=1S/C21H17N5O4S/c1-3-14-12(2)31-21-18(14)20-23-19(24-25(20)11-22-21)17-9-8-13(30-17)10-29-16-7-5-4-6-15(16)26(27)28/h4-9,11H,3,10H2,1-2H3. The van der Waals surface area contributed by atoms with E-state index in [1.165, 1.54) is 16.5 Å². The second-order valence-corrected chi connectivity index (χ2v) is 8.10. The lowest BCUT2D eigenvalue weighted by atomic mass is 10.1. The number of hydrogen-bond donors (Lipinski definition) is 0. The van der Waals surface area contributed by atoms with Crippen LogP contribution in [0.5, 0.6) is 5.75 Å². The SMILES string of the molecule is CCc1c(C)sc2ncn3nc(-c4ccc(COc5ccccc5[N+](=O)[O-])o4)nc3c12. The Morgan fingerprint density at radius 3 is 2.90 bits per heavy atom. The zero-order valence-corrected chi connectivity index (χ0v) is 17.5. The summed E-state index contributed by atoms with van der Waals surface area (Å²) in [6.45, 7) is 4.26. The van der Waals surface area contributed by atoms with Crippen molar-refractivity contribution in [2.75, 3.05) is 0 Å². The smallest absolute Gasteiger partial charge is 0.310 e. The van der Waals surface area contributed by atoms with Gasteiger partial charge in [0.15, 0.2) is 17.2 Å². The molecule has 0 unspecified atom stereocenters. The Hall–Kier alpha value is -3.79. The van der Waals surface area contributed by atoms with Gasteiger partial charge in [-0.05, 0) is 37.1 Å². The summed E-state index contributed by atoms with van der Waals surface area (Å²) in [6.07, 6.45) is 2.55. The second kappa shape index (κ2) is 7.47. The number of para-hydroxylation sites is 2. The molecule has 0 aliphatic carbocycles. The number of rotatable bonds is 6. The van der Waals surface area contributed by atoms with Gasteiger partial charge in [0.25, 0.3) is 0 Å². The van der Waals surface area contributed by atoms with E-state index < -0.39 is 4.92 Å². The summed E-state index contributed by atoms with van der Waals surface area (Å²) in [4.78, 5) is 22.0. The molecule has 1 aromatic carbocycles. The zero-order chi connectivity index (χ0) is 21.5. The van der Waals surface area contributed by atoms with E-state index in [1.54, 1.807) is 52.5 Å². The van der Waals surface area contributed by atoms with Gasteiger partial charge in [0.05, 0.1) is 10.3 Å². The monoisotopic (exact) mass is 435 g/mol. The molecular weight excluding hydrogens is 418 g/mol. The number of nitrogens with zero attached hydrogens (tertiary/aromatic N) is 5. The van der Waals surface area contributed by atoms with E-state index in [1.807, 2.05) is 0 Å². The van der Waals surface area contributed by atoms with Crippen LogP contribution in [0.2, 0.25) is 0 Å². The third kappa shape index (κ3) is 3.30. The van der Waals surface area contributed by atoms with Gasteiger partial charge < -0.3 is 9.15 Å². The molecule has 10 heteroatoms. The summed E-state index contributed by atoms with van der Waals surface area (Å²) in [7, 11) is 0. The lowest BCUT2D eigenvalue weighted by molar-refractivity contribution is -0.386. The van der Waals surface area contributed by atoms with Crippen molar-refractivity contribution in [1.82, 2.24) is 19.6 Å². The summed E-state index contributed by atoms with van der Waals surface area (Å²) in [6, 6.07) is 9.73. The van der Waals surface area contributed by atoms with E-state index in [4.69, 9.17) is 14.1 Å². The predicted molar refractivity (Wildman–Crippen MR) is 115 cm³/mol. The van der Waals surface area contributed by atoms with Crippen LogP contribution in [0, 0.1) is 17.0 Å². The number of aromatic nitrogens is 4. The van der Waals surface area contributed by atoms with E-state index in [9.17, 15) is 10.1 Å². The van der Waals surface area contributed by atoms with Gasteiger partial charge in [0.1, 0.15) is 23.5 Å². The predicted octanol–water partition coefficient (Wildman–Crippen LogP) is 4.96. The molecule has 0 amide bonds. The second-order valence-electron chi connectivity index (χ2n) is 6.90. The molecule has 0 saturated heterocycles. The van der Waals surface area contributed by atoms with Crippen LogP contribution in [0.25, 0.3) is 27.4 Å². The molecule has 0 radical (unpaired) electrons. The van der Waals surface area contributed by atoms with Crippen molar-refractivity contribution >= 4 is 32.9 Å². The third-order valence-electron chi connectivity index (χ3n) is 5.00. The van der Waals surface area contributed by atoms with Crippen LogP contribution in [-0.4, -0.2) is 24.5 Å². The normalized spacial score (nSPS) is 11.4. The number of hydrogen-bond acceptors (Lipinski definition) is 8. The first-order valence-electron chi connectivity index (χ1n) is 9.63. The molecule has 0 bridgehead atoms. The average molecular weight is 435 g/mol. The maximum Gasteiger partial charge on any atom is 0.310 e. The van der Waals surface area contributed by atoms with Gasteiger partial charge >= 0.3 is 5.69 Å². The van der Waals surface area contributed by atoms with E-state index >= 15 is 0 Å². The van der Waals surface area contributed by atoms with Crippen molar-refractivity contribution in [2.45, 2.75) is 26.9 Å². The molecule has 0 spiro atoms. The molecule has 0 saturated carbocycles. The minimum absolute atomic E-state index is 0.0493. The van der Waals surface area contributed by atoms with Crippen molar-refractivity contribution in [2.24, 2.45) is 0 Å². The summed E-state index contributed by atoms with van der Waals surface area (Å²) >= 11 is 1.65. The molecule has 4 aromatic heterocycles. The lowest BCUT2D eigenvalue weighted by Crippen LogP contribution is -1.97. The largest absolute Gasteiger partial charge is 0.479 e. The van der Waals surface area contributed by atoms with Gasteiger partial charge in [-0.1, -0.05) is 19.1 Å². The van der Waals surface area contributed by atoms with Gasteiger partial charge in [-0.15, -0.1) is 16.4 Å². The average Bonchev–Trinajstić information content (AvgIpc) is 3.47. The molecule has 0 atom stereocenters. The van der Waals surface area contributed by atoms with Gasteiger partial charge in [-0.3, -0.25) is 10.1 Å². The Morgan fingerprint density at radius 2 is 2.10 bits per heavy atom. The number of nitro groups is 1. The van der Waals surface area contributed by atoms with Gasteiger partial charge in [-0.2, -0.15) is 0 Å². The zero-order valence-electron chi connectivity index (χ0n) is 16.7. The fourth-order valence-electron chi connectivity index (χ4n) is 3.55. The molecule has 156 valence electrons. The van der Waals surface area contributed by atoms with E-state index in [2.05, 4.69) is 23.9 Å². The summed E-state index contributed by atoms with van der Waals surface area (Å²) < 4.78 is 13.1. The summed E-state index contributed by atoms with van der Waals surface area (Å²) in [5, 5.41) is 16.7. The highest BCUT2D eigenvalue weighted by Gasteiger charge is 2.18. The van der Waals surface area contributed by atoms with Crippen LogP contribution in [0.4, 0.5) is 5.69 Å². The first-order valence-corrected chi connectivity index (χ1v) is 10.5. The molecule has 5 aromatic rings. The number of furan rings is 1. The van der Waals surface area contributed by atoms with Crippen molar-refractivity contribution in [3.05, 3.63) is 69.0 Å². The van der Waals surface area contributed by atoms with Gasteiger partial charge in [0.2, 0.25) is 5.82 Å². The van der Waals surface area contributed by atoms with Crippen molar-refractivity contribution in [1.29, 1.82) is 0 Å². The molecule has 0 aliphatic heterocycles. The molecule has 9 nitrogen and oxygen atoms in total. The van der Waals surface area contributed by atoms with Crippen LogP contribution in [0.1, 0.15) is 23.1 Å². The molecule has 31 heavy (non-hydrogen) atoms. The number of ether oxygens (including phenoxy) is 1. The Kier molecular flexibility index (Phi) is 4.63. The Labute approximate surface area is 180 Å². The molecule has 0 fully saturated rings. The fraction of sp³-hybridized carbons (Fsp3) is 0.190. The summed E-state index contributed by atoms with van der Waals surface area (Å²) in [5.41, 5.74) is 1.89. The molecule has 0 N–H and O–H groups in total. The number of thiophene rings is 1. The number of benzene rings is 1. The highest BCUT2D eigenvalue weighted by molar-refractivity contribution is 7.18. The quantitative estimate of drug-likeness (QED) is 0.274. The lowest BCUT2D eigenvalue weighted by Gasteiger charge is -2.04. The minimum Gasteiger partial charge on any atom is -0.479 e. The molecule has 4 heterocycles. The third-order valence-corrected chi connectivity index (χ3v) is 6.05. The number of aryl methyl sites for hydroxylation is 2. The van der Waals surface area contributed by atoms with E-state index in [0.717, 1.165) is 22.3 Å². The van der Waals surface area contributed by atoms with Crippen LogP contribution in [-0.2, 0) is 13.0 Å². The Balaban J connectivity index is 1.45. The van der Waals surface area contributed by atoms with Crippen LogP contribution >= 0.6 is 11.3 Å². The van der Waals surface area contributed by atoms with Crippen LogP contribution < -0.4 is 4.74 Å². The van der Waals surface area contributed by atoms with E-state index in [-0.39, 0.29) is 18.0 Å². The highest BCUT2D eigenvalue weighted by Crippen LogP contribution is 2.33. The first kappa shape index (κ1) is 19.2. The van der Waals surface area contributed by atoms with Crippen molar-refractivity contribution in [3.63, 3.8) is 0 Å². The fourth-order valence-corrected chi connectivity index (χ4v) is 4.63. The van der Waals surface area contributed by atoms with Crippen molar-refractivity contribution in [3.8, 4) is 17.3 Å². The maximum absolute atomic E-state index is 11.1. The van der Waals surface area contributed by atoms with Gasteiger partial charge in [-0.25, -0.2) is 14.5 Å². The summed E-state index contributed by atoms with van der Waals surface area (Å²) in [5.74, 6) is 1.63. The minimum atomic E-state index is -0.477. The van der Waals surface area contributed by atoms with Crippen LogP contribution in [0.15, 0.2) is 47.1 Å². The first-order chi connectivity index (χ1) is 15.0. The molecular formula is C21H17N5O4S. The molecule has 5 rings (SSSR count).